The third-order valence-electron chi connectivity index (χ3n) is 4.02. The zero-order valence-electron chi connectivity index (χ0n) is 15.1. The number of nitrogens with one attached hydrogen (secondary N) is 3. The van der Waals surface area contributed by atoms with Crippen molar-refractivity contribution in [2.24, 2.45) is 5.92 Å². The van der Waals surface area contributed by atoms with Crippen LogP contribution in [0.25, 0.3) is 0 Å². The van der Waals surface area contributed by atoms with Gasteiger partial charge in [-0.25, -0.2) is 4.39 Å². The summed E-state index contributed by atoms with van der Waals surface area (Å²) in [6, 6.07) is 5.50. The monoisotopic (exact) mass is 349 g/mol. The number of rotatable bonds is 9. The van der Waals surface area contributed by atoms with Crippen LogP contribution in [0.1, 0.15) is 51.6 Å². The third-order valence-corrected chi connectivity index (χ3v) is 4.02. The van der Waals surface area contributed by atoms with Crippen molar-refractivity contribution >= 4 is 11.8 Å². The molecule has 1 fully saturated rings. The van der Waals surface area contributed by atoms with Crippen molar-refractivity contribution < 1.29 is 14.0 Å². The smallest absolute Gasteiger partial charge is 0.241 e. The van der Waals surface area contributed by atoms with Gasteiger partial charge in [-0.1, -0.05) is 26.0 Å². The van der Waals surface area contributed by atoms with Gasteiger partial charge in [0.25, 0.3) is 0 Å². The zero-order valence-corrected chi connectivity index (χ0v) is 15.1. The summed E-state index contributed by atoms with van der Waals surface area (Å²) in [7, 11) is 0. The minimum absolute atomic E-state index is 0.00469. The van der Waals surface area contributed by atoms with E-state index in [-0.39, 0.29) is 29.7 Å². The molecule has 0 heterocycles. The van der Waals surface area contributed by atoms with E-state index < -0.39 is 6.04 Å². The van der Waals surface area contributed by atoms with Crippen LogP contribution in [0, 0.1) is 11.7 Å². The van der Waals surface area contributed by atoms with E-state index in [9.17, 15) is 14.0 Å². The van der Waals surface area contributed by atoms with Gasteiger partial charge in [-0.2, -0.15) is 0 Å². The predicted molar refractivity (Wildman–Crippen MR) is 95.4 cm³/mol. The summed E-state index contributed by atoms with van der Waals surface area (Å²) in [5, 5.41) is 9.10. The zero-order chi connectivity index (χ0) is 18.4. The van der Waals surface area contributed by atoms with Gasteiger partial charge in [0.2, 0.25) is 11.8 Å². The molecule has 0 bridgehead atoms. The average molecular weight is 349 g/mol. The Morgan fingerprint density at radius 1 is 1.16 bits per heavy atom. The molecule has 25 heavy (non-hydrogen) atoms. The van der Waals surface area contributed by atoms with Crippen molar-refractivity contribution in [3.8, 4) is 0 Å². The van der Waals surface area contributed by atoms with E-state index in [1.165, 1.54) is 12.1 Å². The Balaban J connectivity index is 1.94. The summed E-state index contributed by atoms with van der Waals surface area (Å²) >= 11 is 0. The molecular formula is C19H28FN3O2. The minimum Gasteiger partial charge on any atom is -0.352 e. The van der Waals surface area contributed by atoms with Crippen molar-refractivity contribution in [3.63, 3.8) is 0 Å². The van der Waals surface area contributed by atoms with E-state index in [1.54, 1.807) is 12.1 Å². The van der Waals surface area contributed by atoms with Crippen LogP contribution in [0.15, 0.2) is 24.3 Å². The molecule has 1 saturated carbocycles. The summed E-state index contributed by atoms with van der Waals surface area (Å²) in [6.45, 7) is 6.33. The number of halogens is 1. The van der Waals surface area contributed by atoms with Gasteiger partial charge in [0, 0.05) is 25.0 Å². The molecule has 2 rings (SSSR count). The van der Waals surface area contributed by atoms with Crippen molar-refractivity contribution in [2.75, 3.05) is 6.54 Å². The number of carbonyl (C=O) groups is 2. The average Bonchev–Trinajstić information content (AvgIpc) is 3.32. The first-order chi connectivity index (χ1) is 11.8. The minimum atomic E-state index is -0.564. The SMILES string of the molecule is CC(C)CC(=O)N[C@H](C)CNC(C(=O)NC1CC1)c1ccc(F)cc1. The number of hydrogen-bond donors (Lipinski definition) is 3. The Morgan fingerprint density at radius 3 is 2.36 bits per heavy atom. The number of amides is 2. The quantitative estimate of drug-likeness (QED) is 0.641. The predicted octanol–water partition coefficient (Wildman–Crippen LogP) is 2.29. The van der Waals surface area contributed by atoms with Crippen LogP contribution < -0.4 is 16.0 Å². The normalized spacial score (nSPS) is 16.4. The highest BCUT2D eigenvalue weighted by Gasteiger charge is 2.28. The molecule has 0 radical (unpaired) electrons. The van der Waals surface area contributed by atoms with Crippen LogP contribution in [0.4, 0.5) is 4.39 Å². The molecule has 0 aromatic heterocycles. The summed E-state index contributed by atoms with van der Waals surface area (Å²) in [6.07, 6.45) is 2.49. The van der Waals surface area contributed by atoms with Crippen LogP contribution in [0.3, 0.4) is 0 Å². The van der Waals surface area contributed by atoms with Crippen molar-refractivity contribution in [2.45, 2.75) is 58.2 Å². The molecule has 3 N–H and O–H groups in total. The van der Waals surface area contributed by atoms with Gasteiger partial charge in [0.1, 0.15) is 11.9 Å². The fourth-order valence-corrected chi connectivity index (χ4v) is 2.58. The highest BCUT2D eigenvalue weighted by Crippen LogP contribution is 2.21. The lowest BCUT2D eigenvalue weighted by atomic mass is 10.1. The van der Waals surface area contributed by atoms with Gasteiger partial charge >= 0.3 is 0 Å². The van der Waals surface area contributed by atoms with Crippen LogP contribution in [0.2, 0.25) is 0 Å². The van der Waals surface area contributed by atoms with Gasteiger partial charge in [0.05, 0.1) is 0 Å². The first-order valence-corrected chi connectivity index (χ1v) is 8.93. The van der Waals surface area contributed by atoms with Gasteiger partial charge in [0.15, 0.2) is 0 Å². The molecule has 0 aliphatic heterocycles. The maximum atomic E-state index is 13.2. The van der Waals surface area contributed by atoms with E-state index in [1.807, 2.05) is 20.8 Å². The topological polar surface area (TPSA) is 70.2 Å². The fraction of sp³-hybridized carbons (Fsp3) is 0.579. The van der Waals surface area contributed by atoms with Gasteiger partial charge < -0.3 is 16.0 Å². The molecule has 2 atom stereocenters. The molecule has 2 amide bonds. The van der Waals surface area contributed by atoms with Crippen LogP contribution in [-0.4, -0.2) is 30.4 Å². The standard InChI is InChI=1S/C19H28FN3O2/c1-12(2)10-17(24)22-13(3)11-21-18(19(25)23-16-8-9-16)14-4-6-15(20)7-5-14/h4-7,12-13,16,18,21H,8-11H2,1-3H3,(H,22,24)(H,23,25)/t13-,18?/m1/s1. The summed E-state index contributed by atoms with van der Waals surface area (Å²) in [4.78, 5) is 24.3. The Hall–Kier alpha value is -1.95. The largest absolute Gasteiger partial charge is 0.352 e. The maximum Gasteiger partial charge on any atom is 0.241 e. The van der Waals surface area contributed by atoms with Gasteiger partial charge in [-0.15, -0.1) is 0 Å². The summed E-state index contributed by atoms with van der Waals surface area (Å²) < 4.78 is 13.2. The summed E-state index contributed by atoms with van der Waals surface area (Å²) in [5.41, 5.74) is 0.709. The molecule has 138 valence electrons. The van der Waals surface area contributed by atoms with Crippen molar-refractivity contribution in [1.29, 1.82) is 0 Å². The second-order valence-electron chi connectivity index (χ2n) is 7.24. The van der Waals surface area contributed by atoms with Crippen LogP contribution in [0.5, 0.6) is 0 Å². The number of benzene rings is 1. The Bertz CT molecular complexity index is 585. The van der Waals surface area contributed by atoms with Gasteiger partial charge in [-0.3, -0.25) is 9.59 Å². The number of carbonyl (C=O) groups excluding carboxylic acids is 2. The molecule has 1 aromatic carbocycles. The Kier molecular flexibility index (Phi) is 6.93. The Morgan fingerprint density at radius 2 is 1.80 bits per heavy atom. The highest BCUT2D eigenvalue weighted by atomic mass is 19.1. The molecule has 5 nitrogen and oxygen atoms in total. The summed E-state index contributed by atoms with van der Waals surface area (Å²) in [5.74, 6) is -0.143. The van der Waals surface area contributed by atoms with Crippen molar-refractivity contribution in [1.82, 2.24) is 16.0 Å². The fourth-order valence-electron chi connectivity index (χ4n) is 2.58. The third kappa shape index (κ3) is 6.82. The van der Waals surface area contributed by atoms with E-state index in [0.29, 0.717) is 24.4 Å². The lowest BCUT2D eigenvalue weighted by Crippen LogP contribution is -2.45. The lowest BCUT2D eigenvalue weighted by Gasteiger charge is -2.22. The highest BCUT2D eigenvalue weighted by molar-refractivity contribution is 5.83. The first-order valence-electron chi connectivity index (χ1n) is 8.93. The molecule has 1 unspecified atom stereocenters. The molecule has 1 aromatic rings. The lowest BCUT2D eigenvalue weighted by molar-refractivity contribution is -0.123. The second kappa shape index (κ2) is 8.94. The molecule has 6 heteroatoms. The maximum absolute atomic E-state index is 13.2. The Labute approximate surface area is 148 Å². The molecule has 1 aliphatic rings. The van der Waals surface area contributed by atoms with E-state index in [2.05, 4.69) is 16.0 Å². The van der Waals surface area contributed by atoms with E-state index in [4.69, 9.17) is 0 Å². The molecular weight excluding hydrogens is 321 g/mol. The molecule has 0 saturated heterocycles. The van der Waals surface area contributed by atoms with E-state index in [0.717, 1.165) is 12.8 Å². The van der Waals surface area contributed by atoms with Crippen LogP contribution in [-0.2, 0) is 9.59 Å². The number of hydrogen-bond acceptors (Lipinski definition) is 3. The van der Waals surface area contributed by atoms with Crippen molar-refractivity contribution in [3.05, 3.63) is 35.6 Å². The second-order valence-corrected chi connectivity index (χ2v) is 7.24. The first kappa shape index (κ1) is 19.4. The van der Waals surface area contributed by atoms with E-state index >= 15 is 0 Å². The molecule has 0 spiro atoms. The molecule has 1 aliphatic carbocycles. The van der Waals surface area contributed by atoms with Gasteiger partial charge in [-0.05, 0) is 43.4 Å². The van der Waals surface area contributed by atoms with Crippen LogP contribution >= 0.6 is 0 Å².